The Morgan fingerprint density at radius 2 is 1.72 bits per heavy atom. The molecular formula is C21H36IN3O4. The number of esters is 1. The summed E-state index contributed by atoms with van der Waals surface area (Å²) in [5.41, 5.74) is 1.05. The van der Waals surface area contributed by atoms with Gasteiger partial charge in [0.05, 0.1) is 27.4 Å². The number of benzene rings is 1. The van der Waals surface area contributed by atoms with Gasteiger partial charge in [-0.25, -0.2) is 4.99 Å². The zero-order chi connectivity index (χ0) is 20.6. The quantitative estimate of drug-likeness (QED) is 0.135. The van der Waals surface area contributed by atoms with E-state index in [-0.39, 0.29) is 29.9 Å². The molecule has 0 radical (unpaired) electrons. The first-order chi connectivity index (χ1) is 13.6. The number of halogens is 1. The maximum absolute atomic E-state index is 11.3. The third-order valence-corrected chi connectivity index (χ3v) is 4.12. The van der Waals surface area contributed by atoms with E-state index in [1.54, 1.807) is 14.2 Å². The monoisotopic (exact) mass is 521 g/mol. The van der Waals surface area contributed by atoms with Crippen molar-refractivity contribution in [3.63, 3.8) is 0 Å². The molecule has 0 saturated carbocycles. The molecule has 0 heterocycles. The number of hydrogen-bond donors (Lipinski definition) is 2. The Bertz CT molecular complexity index is 612. The molecule has 0 atom stereocenters. The molecule has 0 bridgehead atoms. The van der Waals surface area contributed by atoms with Gasteiger partial charge in [-0.05, 0) is 44.4 Å². The van der Waals surface area contributed by atoms with Crippen LogP contribution >= 0.6 is 24.0 Å². The third-order valence-electron chi connectivity index (χ3n) is 4.12. The molecule has 2 N–H and O–H groups in total. The van der Waals surface area contributed by atoms with E-state index in [0.29, 0.717) is 31.1 Å². The molecule has 0 fully saturated rings. The zero-order valence-corrected chi connectivity index (χ0v) is 20.4. The summed E-state index contributed by atoms with van der Waals surface area (Å²) in [4.78, 5) is 15.9. The molecule has 8 heteroatoms. The Morgan fingerprint density at radius 1 is 1.00 bits per heavy atom. The summed E-state index contributed by atoms with van der Waals surface area (Å²) in [5.74, 6) is 2.11. The minimum absolute atomic E-state index is 0. The second-order valence-electron chi connectivity index (χ2n) is 6.28. The van der Waals surface area contributed by atoms with Gasteiger partial charge >= 0.3 is 5.97 Å². The number of aliphatic imine (C=N–C) groups is 1. The summed E-state index contributed by atoms with van der Waals surface area (Å²) < 4.78 is 15.5. The molecule has 166 valence electrons. The molecule has 7 nitrogen and oxygen atoms in total. The van der Waals surface area contributed by atoms with Crippen LogP contribution < -0.4 is 20.1 Å². The lowest BCUT2D eigenvalue weighted by atomic mass is 10.1. The van der Waals surface area contributed by atoms with Crippen molar-refractivity contribution in [3.05, 3.63) is 23.8 Å². The highest BCUT2D eigenvalue weighted by molar-refractivity contribution is 14.0. The molecule has 0 aliphatic heterocycles. The lowest BCUT2D eigenvalue weighted by Gasteiger charge is -2.12. The number of nitrogens with one attached hydrogen (secondary N) is 2. The smallest absolute Gasteiger partial charge is 0.305 e. The molecule has 0 aliphatic carbocycles. The summed E-state index contributed by atoms with van der Waals surface area (Å²) in [6, 6.07) is 5.81. The maximum Gasteiger partial charge on any atom is 0.305 e. The number of nitrogens with zero attached hydrogens (tertiary/aromatic N) is 1. The Labute approximate surface area is 192 Å². The zero-order valence-electron chi connectivity index (χ0n) is 18.1. The SMILES string of the molecule is CCNC(=NCc1ccc(OC)c(OC)c1)NCCCCCCC(=O)OCC.I. The Hall–Kier alpha value is -1.71. The van der Waals surface area contributed by atoms with Crippen molar-refractivity contribution in [1.82, 2.24) is 10.6 Å². The molecular weight excluding hydrogens is 485 g/mol. The van der Waals surface area contributed by atoms with Gasteiger partial charge in [0, 0.05) is 19.5 Å². The number of carbonyl (C=O) groups excluding carboxylic acids is 1. The number of ether oxygens (including phenoxy) is 3. The highest BCUT2D eigenvalue weighted by Crippen LogP contribution is 2.27. The van der Waals surface area contributed by atoms with Crippen LogP contribution in [0.4, 0.5) is 0 Å². The lowest BCUT2D eigenvalue weighted by molar-refractivity contribution is -0.143. The Balaban J connectivity index is 0.00000784. The van der Waals surface area contributed by atoms with E-state index in [1.807, 2.05) is 32.0 Å². The summed E-state index contributed by atoms with van der Waals surface area (Å²) in [5, 5.41) is 6.61. The van der Waals surface area contributed by atoms with E-state index in [4.69, 9.17) is 14.2 Å². The van der Waals surface area contributed by atoms with Gasteiger partial charge in [-0.2, -0.15) is 0 Å². The first-order valence-electron chi connectivity index (χ1n) is 10.0. The predicted molar refractivity (Wildman–Crippen MR) is 127 cm³/mol. The van der Waals surface area contributed by atoms with Gasteiger partial charge in [0.1, 0.15) is 0 Å². The highest BCUT2D eigenvalue weighted by atomic mass is 127. The molecule has 0 aliphatic rings. The Kier molecular flexibility index (Phi) is 16.2. The van der Waals surface area contributed by atoms with Gasteiger partial charge in [-0.1, -0.05) is 18.9 Å². The van der Waals surface area contributed by atoms with E-state index in [2.05, 4.69) is 15.6 Å². The van der Waals surface area contributed by atoms with E-state index in [9.17, 15) is 4.79 Å². The molecule has 0 amide bonds. The van der Waals surface area contributed by atoms with Crippen LogP contribution in [0.2, 0.25) is 0 Å². The van der Waals surface area contributed by atoms with Crippen LogP contribution in [-0.4, -0.2) is 45.8 Å². The number of carbonyl (C=O) groups is 1. The third kappa shape index (κ3) is 11.8. The average Bonchev–Trinajstić information content (AvgIpc) is 2.71. The number of unbranched alkanes of at least 4 members (excludes halogenated alkanes) is 3. The molecule has 1 aromatic rings. The van der Waals surface area contributed by atoms with Gasteiger partial charge in [-0.15, -0.1) is 24.0 Å². The minimum Gasteiger partial charge on any atom is -0.493 e. The van der Waals surface area contributed by atoms with Crippen LogP contribution in [0.3, 0.4) is 0 Å². The fourth-order valence-corrected chi connectivity index (χ4v) is 2.68. The van der Waals surface area contributed by atoms with Crippen LogP contribution in [0.1, 0.15) is 51.5 Å². The molecule has 29 heavy (non-hydrogen) atoms. The normalized spacial score (nSPS) is 10.7. The maximum atomic E-state index is 11.3. The second kappa shape index (κ2) is 17.2. The topological polar surface area (TPSA) is 81.2 Å². The van der Waals surface area contributed by atoms with Crippen molar-refractivity contribution in [2.45, 2.75) is 52.5 Å². The predicted octanol–water partition coefficient (Wildman–Crippen LogP) is 3.89. The van der Waals surface area contributed by atoms with Crippen LogP contribution in [0.5, 0.6) is 11.5 Å². The van der Waals surface area contributed by atoms with Crippen molar-refractivity contribution in [3.8, 4) is 11.5 Å². The summed E-state index contributed by atoms with van der Waals surface area (Å²) >= 11 is 0. The van der Waals surface area contributed by atoms with Gasteiger partial charge in [0.15, 0.2) is 17.5 Å². The van der Waals surface area contributed by atoms with Gasteiger partial charge < -0.3 is 24.8 Å². The van der Waals surface area contributed by atoms with Crippen LogP contribution in [0, 0.1) is 0 Å². The van der Waals surface area contributed by atoms with Gasteiger partial charge in [0.25, 0.3) is 0 Å². The average molecular weight is 521 g/mol. The lowest BCUT2D eigenvalue weighted by Crippen LogP contribution is -2.37. The van der Waals surface area contributed by atoms with Crippen LogP contribution in [0.15, 0.2) is 23.2 Å². The first kappa shape index (κ1) is 27.3. The summed E-state index contributed by atoms with van der Waals surface area (Å²) in [6.45, 7) is 6.53. The molecule has 0 saturated heterocycles. The fourth-order valence-electron chi connectivity index (χ4n) is 2.68. The van der Waals surface area contributed by atoms with Crippen LogP contribution in [-0.2, 0) is 16.1 Å². The van der Waals surface area contributed by atoms with Crippen molar-refractivity contribution < 1.29 is 19.0 Å². The number of guanidine groups is 1. The minimum atomic E-state index is -0.0997. The highest BCUT2D eigenvalue weighted by Gasteiger charge is 2.05. The molecule has 0 aromatic heterocycles. The standard InChI is InChI=1S/C21H35N3O4.HI/c1-5-22-21(23-14-10-8-7-9-11-20(25)28-6-2)24-16-17-12-13-18(26-3)19(15-17)27-4;/h12-13,15H,5-11,14,16H2,1-4H3,(H2,22,23,24);1H. The summed E-state index contributed by atoms with van der Waals surface area (Å²) in [7, 11) is 3.25. The number of rotatable bonds is 13. The van der Waals surface area contributed by atoms with E-state index < -0.39 is 0 Å². The van der Waals surface area contributed by atoms with Crippen molar-refractivity contribution in [2.75, 3.05) is 33.9 Å². The second-order valence-corrected chi connectivity index (χ2v) is 6.28. The van der Waals surface area contributed by atoms with Crippen molar-refractivity contribution >= 4 is 35.9 Å². The molecule has 1 rings (SSSR count). The van der Waals surface area contributed by atoms with Crippen molar-refractivity contribution in [2.24, 2.45) is 4.99 Å². The van der Waals surface area contributed by atoms with Gasteiger partial charge in [0.2, 0.25) is 0 Å². The molecule has 1 aromatic carbocycles. The fraction of sp³-hybridized carbons (Fsp3) is 0.619. The number of hydrogen-bond acceptors (Lipinski definition) is 5. The molecule has 0 spiro atoms. The van der Waals surface area contributed by atoms with E-state index >= 15 is 0 Å². The number of methoxy groups -OCH3 is 2. The van der Waals surface area contributed by atoms with E-state index in [0.717, 1.165) is 50.3 Å². The largest absolute Gasteiger partial charge is 0.493 e. The van der Waals surface area contributed by atoms with Crippen molar-refractivity contribution in [1.29, 1.82) is 0 Å². The Morgan fingerprint density at radius 3 is 2.38 bits per heavy atom. The molecule has 0 unspecified atom stereocenters. The van der Waals surface area contributed by atoms with Crippen LogP contribution in [0.25, 0.3) is 0 Å². The first-order valence-corrected chi connectivity index (χ1v) is 10.0. The summed E-state index contributed by atoms with van der Waals surface area (Å²) in [6.07, 6.45) is 4.52. The van der Waals surface area contributed by atoms with Gasteiger partial charge in [-0.3, -0.25) is 4.79 Å². The van der Waals surface area contributed by atoms with E-state index in [1.165, 1.54) is 0 Å².